The molecule has 2 N–H and O–H groups in total. The number of hydrogen-bond acceptors (Lipinski definition) is 4. The van der Waals surface area contributed by atoms with Crippen LogP contribution in [0.3, 0.4) is 0 Å². The molecule has 0 bridgehead atoms. The molecule has 140 valence electrons. The molecule has 4 aromatic rings. The van der Waals surface area contributed by atoms with Crippen LogP contribution >= 0.6 is 0 Å². The second kappa shape index (κ2) is 6.61. The van der Waals surface area contributed by atoms with E-state index in [1.807, 2.05) is 55.5 Å². The molecule has 2 heterocycles. The van der Waals surface area contributed by atoms with Crippen molar-refractivity contribution >= 4 is 16.7 Å². The number of aryl methyl sites for hydroxylation is 1. The summed E-state index contributed by atoms with van der Waals surface area (Å²) in [5.41, 5.74) is 4.79. The Hall–Kier alpha value is -3.91. The number of nitrogens with one attached hydrogen (secondary N) is 2. The van der Waals surface area contributed by atoms with Gasteiger partial charge in [-0.2, -0.15) is 5.26 Å². The molecule has 1 aliphatic rings. The third-order valence-electron chi connectivity index (χ3n) is 5.54. The first-order chi connectivity index (χ1) is 14.2. The third kappa shape index (κ3) is 2.69. The van der Waals surface area contributed by atoms with Gasteiger partial charge < -0.3 is 4.74 Å². The first-order valence-corrected chi connectivity index (χ1v) is 9.46. The highest BCUT2D eigenvalue weighted by Gasteiger charge is 2.41. The average molecular weight is 378 g/mol. The minimum Gasteiger partial charge on any atom is -0.422 e. The van der Waals surface area contributed by atoms with E-state index >= 15 is 0 Å². The van der Waals surface area contributed by atoms with Gasteiger partial charge in [-0.25, -0.2) is 0 Å². The second-order valence-corrected chi connectivity index (χ2v) is 7.30. The lowest BCUT2D eigenvalue weighted by atomic mass is 9.77. The van der Waals surface area contributed by atoms with Crippen molar-refractivity contribution in [1.29, 1.82) is 10.7 Å². The predicted octanol–water partition coefficient (Wildman–Crippen LogP) is 5.18. The summed E-state index contributed by atoms with van der Waals surface area (Å²) < 4.78 is 5.64. The van der Waals surface area contributed by atoms with E-state index in [1.54, 1.807) is 0 Å². The number of nitriles is 1. The molecule has 2 atom stereocenters. The van der Waals surface area contributed by atoms with Gasteiger partial charge in [-0.15, -0.1) is 5.10 Å². The highest BCUT2D eigenvalue weighted by molar-refractivity contribution is 5.91. The second-order valence-electron chi connectivity index (χ2n) is 7.30. The minimum absolute atomic E-state index is 0.0695. The lowest BCUT2D eigenvalue weighted by molar-refractivity contribution is 0.438. The lowest BCUT2D eigenvalue weighted by Gasteiger charge is -2.29. The van der Waals surface area contributed by atoms with Crippen LogP contribution in [-0.4, -0.2) is 16.1 Å². The van der Waals surface area contributed by atoms with Gasteiger partial charge in [0.05, 0.1) is 17.3 Å². The Morgan fingerprint density at radius 1 is 1.03 bits per heavy atom. The molecule has 1 aromatic heterocycles. The fourth-order valence-corrected chi connectivity index (χ4v) is 4.12. The molecule has 5 rings (SSSR count). The molecule has 0 aliphatic carbocycles. The molecule has 0 spiro atoms. The van der Waals surface area contributed by atoms with Gasteiger partial charge in [0.15, 0.2) is 0 Å². The Bertz CT molecular complexity index is 1280. The number of aromatic nitrogens is 2. The standard InChI is InChI=1S/C24H18N4O/c1-14-9-11-16(12-10-14)22-21-20(19(13-25)23(26)29-24(21)28-27-22)18-8-4-6-15-5-2-3-7-17(15)18/h2-12,19-20,26H,1H3,(H,27,28). The molecule has 0 amide bonds. The van der Waals surface area contributed by atoms with Crippen molar-refractivity contribution in [1.82, 2.24) is 10.2 Å². The molecule has 5 nitrogen and oxygen atoms in total. The zero-order chi connectivity index (χ0) is 20.0. The summed E-state index contributed by atoms with van der Waals surface area (Å²) in [4.78, 5) is 0. The molecule has 0 fully saturated rings. The van der Waals surface area contributed by atoms with Crippen molar-refractivity contribution in [2.24, 2.45) is 5.92 Å². The monoisotopic (exact) mass is 378 g/mol. The van der Waals surface area contributed by atoms with E-state index in [9.17, 15) is 5.26 Å². The molecule has 5 heteroatoms. The first-order valence-electron chi connectivity index (χ1n) is 9.46. The molecule has 3 aromatic carbocycles. The predicted molar refractivity (Wildman–Crippen MR) is 112 cm³/mol. The first kappa shape index (κ1) is 17.2. The van der Waals surface area contributed by atoms with Crippen LogP contribution in [0.25, 0.3) is 22.0 Å². The largest absolute Gasteiger partial charge is 0.422 e. The molecular formula is C24H18N4O. The third-order valence-corrected chi connectivity index (χ3v) is 5.54. The quantitative estimate of drug-likeness (QED) is 0.504. The average Bonchev–Trinajstić information content (AvgIpc) is 3.16. The number of nitrogens with zero attached hydrogens (tertiary/aromatic N) is 2. The number of aromatic amines is 1. The van der Waals surface area contributed by atoms with Gasteiger partial charge in [-0.1, -0.05) is 72.3 Å². The molecule has 0 saturated carbocycles. The van der Waals surface area contributed by atoms with Gasteiger partial charge in [0.1, 0.15) is 5.92 Å². The molecule has 2 unspecified atom stereocenters. The van der Waals surface area contributed by atoms with Crippen LogP contribution in [0.1, 0.15) is 22.6 Å². The minimum atomic E-state index is -0.727. The summed E-state index contributed by atoms with van der Waals surface area (Å²) in [6.45, 7) is 2.04. The Morgan fingerprint density at radius 3 is 2.59 bits per heavy atom. The highest BCUT2D eigenvalue weighted by Crippen LogP contribution is 2.47. The van der Waals surface area contributed by atoms with E-state index in [4.69, 9.17) is 10.1 Å². The summed E-state index contributed by atoms with van der Waals surface area (Å²) in [6, 6.07) is 24.6. The van der Waals surface area contributed by atoms with Crippen LogP contribution in [0.5, 0.6) is 5.88 Å². The van der Waals surface area contributed by atoms with Crippen LogP contribution in [0.4, 0.5) is 0 Å². The fourth-order valence-electron chi connectivity index (χ4n) is 4.12. The normalized spacial score (nSPS) is 18.1. The van der Waals surface area contributed by atoms with Gasteiger partial charge in [0.2, 0.25) is 11.8 Å². The van der Waals surface area contributed by atoms with Gasteiger partial charge in [0.25, 0.3) is 0 Å². The van der Waals surface area contributed by atoms with Crippen molar-refractivity contribution in [3.05, 3.63) is 83.4 Å². The zero-order valence-electron chi connectivity index (χ0n) is 15.8. The number of H-pyrrole nitrogens is 1. The molecule has 0 radical (unpaired) electrons. The van der Waals surface area contributed by atoms with Gasteiger partial charge in [-0.3, -0.25) is 10.5 Å². The van der Waals surface area contributed by atoms with Crippen molar-refractivity contribution in [3.63, 3.8) is 0 Å². The topological polar surface area (TPSA) is 85.5 Å². The summed E-state index contributed by atoms with van der Waals surface area (Å²) in [7, 11) is 0. The van der Waals surface area contributed by atoms with Crippen LogP contribution < -0.4 is 4.74 Å². The van der Waals surface area contributed by atoms with Gasteiger partial charge >= 0.3 is 0 Å². The van der Waals surface area contributed by atoms with E-state index in [2.05, 4.69) is 34.5 Å². The van der Waals surface area contributed by atoms with Crippen LogP contribution in [0.15, 0.2) is 66.7 Å². The number of rotatable bonds is 2. The van der Waals surface area contributed by atoms with E-state index in [1.165, 1.54) is 5.56 Å². The van der Waals surface area contributed by atoms with Crippen molar-refractivity contribution < 1.29 is 4.74 Å². The Balaban J connectivity index is 1.79. The number of benzene rings is 3. The summed E-state index contributed by atoms with van der Waals surface area (Å²) in [5.74, 6) is -0.776. The number of hydrogen-bond donors (Lipinski definition) is 2. The summed E-state index contributed by atoms with van der Waals surface area (Å²) >= 11 is 0. The zero-order valence-corrected chi connectivity index (χ0v) is 15.8. The number of fused-ring (bicyclic) bond motifs is 2. The van der Waals surface area contributed by atoms with Crippen molar-refractivity contribution in [3.8, 4) is 23.2 Å². The lowest BCUT2D eigenvalue weighted by Crippen LogP contribution is -2.31. The van der Waals surface area contributed by atoms with Crippen LogP contribution in [0, 0.1) is 29.6 Å². The summed E-state index contributed by atoms with van der Waals surface area (Å²) in [5, 5.41) is 27.8. The maximum Gasteiger partial charge on any atom is 0.244 e. The maximum absolute atomic E-state index is 9.92. The van der Waals surface area contributed by atoms with Crippen LogP contribution in [-0.2, 0) is 0 Å². The van der Waals surface area contributed by atoms with Crippen molar-refractivity contribution in [2.45, 2.75) is 12.8 Å². The van der Waals surface area contributed by atoms with Crippen LogP contribution in [0.2, 0.25) is 0 Å². The SMILES string of the molecule is Cc1ccc(-c2[nH]nc3c2C(c2cccc4ccccc24)C(C#N)C(=N)O3)cc1. The van der Waals surface area contributed by atoms with Gasteiger partial charge in [-0.05, 0) is 28.8 Å². The molecule has 0 saturated heterocycles. The maximum atomic E-state index is 9.92. The molecular weight excluding hydrogens is 360 g/mol. The van der Waals surface area contributed by atoms with Gasteiger partial charge in [0, 0.05) is 5.92 Å². The van der Waals surface area contributed by atoms with E-state index in [0.29, 0.717) is 5.88 Å². The smallest absolute Gasteiger partial charge is 0.244 e. The highest BCUT2D eigenvalue weighted by atomic mass is 16.5. The molecule has 1 aliphatic heterocycles. The van der Waals surface area contributed by atoms with E-state index in [-0.39, 0.29) is 11.8 Å². The van der Waals surface area contributed by atoms with Crippen molar-refractivity contribution in [2.75, 3.05) is 0 Å². The van der Waals surface area contributed by atoms with E-state index < -0.39 is 5.92 Å². The fraction of sp³-hybridized carbons (Fsp3) is 0.125. The Morgan fingerprint density at radius 2 is 1.79 bits per heavy atom. The van der Waals surface area contributed by atoms with E-state index in [0.717, 1.165) is 33.2 Å². The summed E-state index contributed by atoms with van der Waals surface area (Å²) in [6.07, 6.45) is 0. The molecule has 29 heavy (non-hydrogen) atoms. The Kier molecular flexibility index (Phi) is 3.92. The number of ether oxygens (including phenoxy) is 1. The Labute approximate surface area is 168 Å².